The minimum Gasteiger partial charge on any atom is -0.480 e. The van der Waals surface area contributed by atoms with Crippen molar-refractivity contribution in [3.05, 3.63) is 35.4 Å². The van der Waals surface area contributed by atoms with Gasteiger partial charge in [0.15, 0.2) is 0 Å². The molecule has 1 fully saturated rings. The van der Waals surface area contributed by atoms with Gasteiger partial charge in [-0.1, -0.05) is 12.1 Å². The normalized spacial score (nSPS) is 14.0. The number of carboxylic acid groups (broad SMARTS) is 1. The Balaban J connectivity index is 2.10. The van der Waals surface area contributed by atoms with Gasteiger partial charge in [-0.2, -0.15) is 0 Å². The van der Waals surface area contributed by atoms with Crippen molar-refractivity contribution in [2.75, 3.05) is 13.1 Å². The Morgan fingerprint density at radius 1 is 1.25 bits per heavy atom. The Morgan fingerprint density at radius 2 is 1.88 bits per heavy atom. The van der Waals surface area contributed by atoms with E-state index in [4.69, 9.17) is 5.11 Å². The van der Waals surface area contributed by atoms with Crippen LogP contribution in [0.4, 0.5) is 4.79 Å². The van der Waals surface area contributed by atoms with Gasteiger partial charge >= 0.3 is 12.0 Å². The molecule has 8 nitrogen and oxygen atoms in total. The summed E-state index contributed by atoms with van der Waals surface area (Å²) in [6, 6.07) is 5.73. The van der Waals surface area contributed by atoms with Crippen LogP contribution in [0, 0.1) is 0 Å². The summed E-state index contributed by atoms with van der Waals surface area (Å²) < 4.78 is 0. The highest BCUT2D eigenvalue weighted by Crippen LogP contribution is 2.13. The molecular weight excluding hydrogens is 314 g/mol. The molecule has 0 aliphatic carbocycles. The molecule has 8 heteroatoms. The molecule has 0 atom stereocenters. The lowest BCUT2D eigenvalue weighted by atomic mass is 10.1. The Morgan fingerprint density at radius 3 is 2.33 bits per heavy atom. The Bertz CT molecular complexity index is 653. The van der Waals surface area contributed by atoms with Gasteiger partial charge in [0.05, 0.1) is 13.1 Å². The number of carbonyl (C=O) groups is 4. The highest BCUT2D eigenvalue weighted by molar-refractivity contribution is 6.01. The van der Waals surface area contributed by atoms with Crippen molar-refractivity contribution in [3.8, 4) is 0 Å². The van der Waals surface area contributed by atoms with Crippen LogP contribution in [-0.2, 0) is 16.1 Å². The lowest BCUT2D eigenvalue weighted by Gasteiger charge is -2.25. The lowest BCUT2D eigenvalue weighted by molar-refractivity contribution is -0.138. The number of nitrogens with zero attached hydrogens (tertiary/aromatic N) is 2. The maximum absolute atomic E-state index is 12.4. The van der Waals surface area contributed by atoms with Crippen LogP contribution in [-0.4, -0.2) is 57.9 Å². The standard InChI is InChI=1S/C16H19N3O5/c1-10(2)18(9-14(21)22)15(23)12-5-3-11(4-6-12)8-19-13(20)7-17-16(19)24/h3-6,10H,7-9H2,1-2H3,(H,17,24)(H,21,22). The Hall–Kier alpha value is -2.90. The van der Waals surface area contributed by atoms with Gasteiger partial charge in [-0.05, 0) is 31.5 Å². The zero-order valence-corrected chi connectivity index (χ0v) is 13.5. The second kappa shape index (κ2) is 7.12. The van der Waals surface area contributed by atoms with Crippen LogP contribution in [0.25, 0.3) is 0 Å². The summed E-state index contributed by atoms with van der Waals surface area (Å²) in [5, 5.41) is 11.3. The SMILES string of the molecule is CC(C)N(CC(=O)O)C(=O)c1ccc(CN2C(=O)CNC2=O)cc1. The number of imide groups is 1. The summed E-state index contributed by atoms with van der Waals surface area (Å²) in [7, 11) is 0. The number of hydrogen-bond acceptors (Lipinski definition) is 4. The largest absolute Gasteiger partial charge is 0.480 e. The van der Waals surface area contributed by atoms with Crippen LogP contribution < -0.4 is 5.32 Å². The maximum atomic E-state index is 12.4. The van der Waals surface area contributed by atoms with E-state index in [1.807, 2.05) is 0 Å². The van der Waals surface area contributed by atoms with E-state index < -0.39 is 12.0 Å². The summed E-state index contributed by atoms with van der Waals surface area (Å²) in [6.07, 6.45) is 0. The zero-order chi connectivity index (χ0) is 17.9. The molecule has 24 heavy (non-hydrogen) atoms. The number of urea groups is 1. The molecule has 128 valence electrons. The fourth-order valence-corrected chi connectivity index (χ4v) is 2.35. The van der Waals surface area contributed by atoms with E-state index >= 15 is 0 Å². The third-order valence-electron chi connectivity index (χ3n) is 3.67. The average Bonchev–Trinajstić information content (AvgIpc) is 2.84. The average molecular weight is 333 g/mol. The fourth-order valence-electron chi connectivity index (χ4n) is 2.35. The van der Waals surface area contributed by atoms with Gasteiger partial charge in [0.1, 0.15) is 6.54 Å². The van der Waals surface area contributed by atoms with Gasteiger partial charge in [0.2, 0.25) is 5.91 Å². The molecule has 1 heterocycles. The number of benzene rings is 1. The van der Waals surface area contributed by atoms with Crippen molar-refractivity contribution >= 4 is 23.8 Å². The van der Waals surface area contributed by atoms with Crippen LogP contribution in [0.1, 0.15) is 29.8 Å². The van der Waals surface area contributed by atoms with Crippen LogP contribution in [0.3, 0.4) is 0 Å². The molecular formula is C16H19N3O5. The highest BCUT2D eigenvalue weighted by Gasteiger charge is 2.28. The molecule has 0 spiro atoms. The van der Waals surface area contributed by atoms with Crippen molar-refractivity contribution < 1.29 is 24.3 Å². The monoisotopic (exact) mass is 333 g/mol. The van der Waals surface area contributed by atoms with E-state index in [1.54, 1.807) is 38.1 Å². The predicted octanol–water partition coefficient (Wildman–Crippen LogP) is 0.674. The molecule has 2 rings (SSSR count). The minimum absolute atomic E-state index is 0.00601. The third kappa shape index (κ3) is 3.89. The number of carbonyl (C=O) groups excluding carboxylic acids is 3. The molecule has 1 aliphatic heterocycles. The topological polar surface area (TPSA) is 107 Å². The van der Waals surface area contributed by atoms with Crippen molar-refractivity contribution in [1.29, 1.82) is 0 Å². The molecule has 1 saturated heterocycles. The fraction of sp³-hybridized carbons (Fsp3) is 0.375. The van der Waals surface area contributed by atoms with Crippen molar-refractivity contribution in [2.45, 2.75) is 26.4 Å². The van der Waals surface area contributed by atoms with E-state index in [0.717, 1.165) is 4.90 Å². The molecule has 4 amide bonds. The van der Waals surface area contributed by atoms with E-state index in [1.165, 1.54) is 4.90 Å². The van der Waals surface area contributed by atoms with Crippen LogP contribution >= 0.6 is 0 Å². The first-order valence-electron chi connectivity index (χ1n) is 7.49. The van der Waals surface area contributed by atoms with Crippen molar-refractivity contribution in [3.63, 3.8) is 0 Å². The maximum Gasteiger partial charge on any atom is 0.324 e. The molecule has 2 N–H and O–H groups in total. The lowest BCUT2D eigenvalue weighted by Crippen LogP contribution is -2.40. The van der Waals surface area contributed by atoms with Crippen LogP contribution in [0.15, 0.2) is 24.3 Å². The van der Waals surface area contributed by atoms with Crippen molar-refractivity contribution in [2.24, 2.45) is 0 Å². The second-order valence-electron chi connectivity index (χ2n) is 5.76. The molecule has 1 aromatic carbocycles. The predicted molar refractivity (Wildman–Crippen MR) is 84.2 cm³/mol. The molecule has 0 radical (unpaired) electrons. The molecule has 0 bridgehead atoms. The molecule has 0 unspecified atom stereocenters. The minimum atomic E-state index is -1.08. The van der Waals surface area contributed by atoms with E-state index in [2.05, 4.69) is 5.32 Å². The van der Waals surface area contributed by atoms with Crippen LogP contribution in [0.5, 0.6) is 0 Å². The Kier molecular flexibility index (Phi) is 5.18. The van der Waals surface area contributed by atoms with Gasteiger partial charge in [0.25, 0.3) is 5.91 Å². The first kappa shape index (κ1) is 17.5. The van der Waals surface area contributed by atoms with Gasteiger partial charge < -0.3 is 15.3 Å². The summed E-state index contributed by atoms with van der Waals surface area (Å²) in [6.45, 7) is 3.23. The van der Waals surface area contributed by atoms with Crippen LogP contribution in [0.2, 0.25) is 0 Å². The quantitative estimate of drug-likeness (QED) is 0.744. The number of amides is 4. The first-order valence-corrected chi connectivity index (χ1v) is 7.49. The molecule has 1 aromatic rings. The smallest absolute Gasteiger partial charge is 0.324 e. The van der Waals surface area contributed by atoms with Crippen molar-refractivity contribution in [1.82, 2.24) is 15.1 Å². The van der Waals surface area contributed by atoms with E-state index in [-0.39, 0.29) is 37.5 Å². The number of rotatable bonds is 6. The van der Waals surface area contributed by atoms with Gasteiger partial charge in [-0.15, -0.1) is 0 Å². The summed E-state index contributed by atoms with van der Waals surface area (Å²) in [5.41, 5.74) is 1.05. The first-order chi connectivity index (χ1) is 11.3. The van der Waals surface area contributed by atoms with Gasteiger partial charge in [-0.3, -0.25) is 19.3 Å². The molecule has 0 saturated carbocycles. The highest BCUT2D eigenvalue weighted by atomic mass is 16.4. The number of aliphatic carboxylic acids is 1. The summed E-state index contributed by atoms with van der Waals surface area (Å²) in [5.74, 6) is -1.76. The van der Waals surface area contributed by atoms with Gasteiger partial charge in [-0.25, -0.2) is 4.79 Å². The van der Waals surface area contributed by atoms with E-state index in [0.29, 0.717) is 11.1 Å². The zero-order valence-electron chi connectivity index (χ0n) is 13.5. The Labute approximate surface area is 139 Å². The summed E-state index contributed by atoms with van der Waals surface area (Å²) >= 11 is 0. The second-order valence-corrected chi connectivity index (χ2v) is 5.76. The number of carboxylic acids is 1. The van der Waals surface area contributed by atoms with E-state index in [9.17, 15) is 19.2 Å². The van der Waals surface area contributed by atoms with Gasteiger partial charge in [0, 0.05) is 11.6 Å². The number of hydrogen-bond donors (Lipinski definition) is 2. The number of nitrogens with one attached hydrogen (secondary N) is 1. The molecule has 1 aliphatic rings. The summed E-state index contributed by atoms with van der Waals surface area (Å²) in [4.78, 5) is 48.7. The third-order valence-corrected chi connectivity index (χ3v) is 3.67. The molecule has 0 aromatic heterocycles.